The van der Waals surface area contributed by atoms with Gasteiger partial charge in [0, 0.05) is 13.1 Å². The van der Waals surface area contributed by atoms with E-state index in [2.05, 4.69) is 19.0 Å². The van der Waals surface area contributed by atoms with Gasteiger partial charge in [-0.05, 0) is 31.1 Å². The first-order chi connectivity index (χ1) is 9.41. The molecule has 0 radical (unpaired) electrons. The maximum absolute atomic E-state index is 12.9. The molecule has 1 aliphatic heterocycles. The molecule has 0 bridgehead atoms. The zero-order valence-electron chi connectivity index (χ0n) is 12.7. The fourth-order valence-electron chi connectivity index (χ4n) is 3.45. The monoisotopic (exact) mass is 281 g/mol. The highest BCUT2D eigenvalue weighted by molar-refractivity contribution is 6.06. The molecule has 0 atom stereocenters. The Morgan fingerprint density at radius 1 is 1.10 bits per heavy atom. The molecule has 3 N–H and O–H groups in total. The van der Waals surface area contributed by atoms with Crippen molar-refractivity contribution in [2.24, 2.45) is 21.7 Å². The molecule has 20 heavy (non-hydrogen) atoms. The van der Waals surface area contributed by atoms with Crippen molar-refractivity contribution in [2.75, 3.05) is 13.1 Å². The van der Waals surface area contributed by atoms with Crippen LogP contribution in [0.4, 0.5) is 0 Å². The van der Waals surface area contributed by atoms with Gasteiger partial charge in [0.25, 0.3) is 0 Å². The lowest BCUT2D eigenvalue weighted by Crippen LogP contribution is -2.54. The summed E-state index contributed by atoms with van der Waals surface area (Å²) in [4.78, 5) is 14.9. The van der Waals surface area contributed by atoms with E-state index in [1.165, 1.54) is 0 Å². The molecule has 1 saturated carbocycles. The minimum atomic E-state index is -0.755. The van der Waals surface area contributed by atoms with E-state index in [4.69, 9.17) is 10.9 Å². The van der Waals surface area contributed by atoms with Gasteiger partial charge in [0.2, 0.25) is 5.91 Å². The van der Waals surface area contributed by atoms with Crippen molar-refractivity contribution < 1.29 is 10.0 Å². The average Bonchev–Trinajstić information content (AvgIpc) is 2.46. The van der Waals surface area contributed by atoms with Gasteiger partial charge in [0.1, 0.15) is 5.41 Å². The number of hydrogen-bond acceptors (Lipinski definition) is 3. The standard InChI is InChI=1S/C15H27N3O2/c1-14(2)8-10-18(11-9-14)13(19)15(12(16)17-20)6-4-3-5-7-15/h20H,3-11H2,1-2H3,(H2,16,17). The SMILES string of the molecule is CC1(C)CCN(C(=O)C2(C(N)=NO)CCCCC2)CC1. The van der Waals surface area contributed by atoms with Crippen LogP contribution >= 0.6 is 0 Å². The molecule has 5 nitrogen and oxygen atoms in total. The number of amides is 1. The van der Waals surface area contributed by atoms with Crippen LogP contribution in [0.2, 0.25) is 0 Å². The predicted octanol–water partition coefficient (Wildman–Crippen LogP) is 2.33. The zero-order chi connectivity index (χ0) is 14.8. The third kappa shape index (κ3) is 2.76. The second kappa shape index (κ2) is 5.62. The molecule has 2 rings (SSSR count). The van der Waals surface area contributed by atoms with Crippen LogP contribution in [-0.4, -0.2) is 34.9 Å². The number of hydrogen-bond donors (Lipinski definition) is 2. The third-order valence-electron chi connectivity index (χ3n) is 5.12. The van der Waals surface area contributed by atoms with Gasteiger partial charge in [-0.3, -0.25) is 4.79 Å². The summed E-state index contributed by atoms with van der Waals surface area (Å²) in [5.74, 6) is 0.176. The van der Waals surface area contributed by atoms with Crippen LogP contribution in [0.25, 0.3) is 0 Å². The van der Waals surface area contributed by atoms with Crippen LogP contribution in [0, 0.1) is 10.8 Å². The van der Waals surface area contributed by atoms with Crippen LogP contribution in [0.5, 0.6) is 0 Å². The van der Waals surface area contributed by atoms with Gasteiger partial charge < -0.3 is 15.8 Å². The van der Waals surface area contributed by atoms with Crippen molar-refractivity contribution in [1.29, 1.82) is 0 Å². The van der Waals surface area contributed by atoms with Crippen LogP contribution in [0.1, 0.15) is 58.8 Å². The van der Waals surface area contributed by atoms with E-state index in [1.54, 1.807) is 0 Å². The molecule has 2 fully saturated rings. The van der Waals surface area contributed by atoms with Crippen molar-refractivity contribution in [3.8, 4) is 0 Å². The van der Waals surface area contributed by atoms with Gasteiger partial charge in [0.15, 0.2) is 5.84 Å². The molecular weight excluding hydrogens is 254 g/mol. The Morgan fingerprint density at radius 3 is 2.15 bits per heavy atom. The Hall–Kier alpha value is -1.26. The maximum Gasteiger partial charge on any atom is 0.236 e. The summed E-state index contributed by atoms with van der Waals surface area (Å²) < 4.78 is 0. The first kappa shape index (κ1) is 15.1. The normalized spacial score (nSPS) is 26.3. The smallest absolute Gasteiger partial charge is 0.236 e. The summed E-state index contributed by atoms with van der Waals surface area (Å²) in [6, 6.07) is 0. The molecule has 0 aromatic rings. The summed E-state index contributed by atoms with van der Waals surface area (Å²) in [6.45, 7) is 6.06. The molecule has 0 unspecified atom stereocenters. The fraction of sp³-hybridized carbons (Fsp3) is 0.867. The van der Waals surface area contributed by atoms with Gasteiger partial charge in [-0.2, -0.15) is 0 Å². The van der Waals surface area contributed by atoms with Gasteiger partial charge >= 0.3 is 0 Å². The van der Waals surface area contributed by atoms with E-state index in [9.17, 15) is 4.79 Å². The molecule has 0 aromatic heterocycles. The number of carbonyl (C=O) groups is 1. The second-order valence-corrected chi connectivity index (χ2v) is 7.08. The Morgan fingerprint density at radius 2 is 1.65 bits per heavy atom. The van der Waals surface area contributed by atoms with Crippen molar-refractivity contribution >= 4 is 11.7 Å². The van der Waals surface area contributed by atoms with Gasteiger partial charge in [-0.1, -0.05) is 38.3 Å². The van der Waals surface area contributed by atoms with E-state index >= 15 is 0 Å². The molecule has 1 saturated heterocycles. The van der Waals surface area contributed by atoms with Gasteiger partial charge in [-0.25, -0.2) is 0 Å². The van der Waals surface area contributed by atoms with E-state index in [0.717, 1.165) is 45.2 Å². The van der Waals surface area contributed by atoms with E-state index in [-0.39, 0.29) is 11.7 Å². The summed E-state index contributed by atoms with van der Waals surface area (Å²) >= 11 is 0. The Labute approximate surface area is 121 Å². The molecule has 5 heteroatoms. The lowest BCUT2D eigenvalue weighted by molar-refractivity contribution is -0.142. The zero-order valence-corrected chi connectivity index (χ0v) is 12.7. The third-order valence-corrected chi connectivity index (χ3v) is 5.12. The van der Waals surface area contributed by atoms with E-state index in [1.807, 2.05) is 4.90 Å². The summed E-state index contributed by atoms with van der Waals surface area (Å²) in [7, 11) is 0. The second-order valence-electron chi connectivity index (χ2n) is 7.08. The topological polar surface area (TPSA) is 78.9 Å². The Balaban J connectivity index is 2.16. The minimum absolute atomic E-state index is 0.0722. The lowest BCUT2D eigenvalue weighted by Gasteiger charge is -2.43. The molecular formula is C15H27N3O2. The molecule has 0 spiro atoms. The van der Waals surface area contributed by atoms with Crippen molar-refractivity contribution in [3.63, 3.8) is 0 Å². The number of amidine groups is 1. The van der Waals surface area contributed by atoms with Crippen molar-refractivity contribution in [2.45, 2.75) is 58.8 Å². The van der Waals surface area contributed by atoms with Crippen LogP contribution in [0.3, 0.4) is 0 Å². The molecule has 2 aliphatic rings. The molecule has 1 aliphatic carbocycles. The number of piperidine rings is 1. The highest BCUT2D eigenvalue weighted by atomic mass is 16.4. The fourth-order valence-corrected chi connectivity index (χ4v) is 3.45. The lowest BCUT2D eigenvalue weighted by atomic mass is 9.71. The van der Waals surface area contributed by atoms with Gasteiger partial charge in [-0.15, -0.1) is 0 Å². The number of nitrogens with two attached hydrogens (primary N) is 1. The average molecular weight is 281 g/mol. The van der Waals surface area contributed by atoms with Crippen molar-refractivity contribution in [1.82, 2.24) is 4.90 Å². The molecule has 114 valence electrons. The van der Waals surface area contributed by atoms with Crippen LogP contribution in [-0.2, 0) is 4.79 Å². The largest absolute Gasteiger partial charge is 0.409 e. The number of oxime groups is 1. The number of rotatable bonds is 2. The summed E-state index contributed by atoms with van der Waals surface area (Å²) in [5.41, 5.74) is 5.45. The van der Waals surface area contributed by atoms with Crippen LogP contribution in [0.15, 0.2) is 5.16 Å². The van der Waals surface area contributed by atoms with E-state index in [0.29, 0.717) is 18.3 Å². The Kier molecular flexibility index (Phi) is 4.25. The minimum Gasteiger partial charge on any atom is -0.409 e. The first-order valence-corrected chi connectivity index (χ1v) is 7.69. The quantitative estimate of drug-likeness (QED) is 0.353. The molecule has 0 aromatic carbocycles. The number of carbonyl (C=O) groups excluding carboxylic acids is 1. The summed E-state index contributed by atoms with van der Waals surface area (Å²) in [6.07, 6.45) is 6.53. The predicted molar refractivity (Wildman–Crippen MR) is 78.5 cm³/mol. The maximum atomic E-state index is 12.9. The Bertz CT molecular complexity index is 388. The number of nitrogens with zero attached hydrogens (tertiary/aromatic N) is 2. The van der Waals surface area contributed by atoms with Crippen LogP contribution < -0.4 is 5.73 Å². The number of likely N-dealkylation sites (tertiary alicyclic amines) is 1. The molecule has 1 amide bonds. The van der Waals surface area contributed by atoms with Gasteiger partial charge in [0.05, 0.1) is 0 Å². The highest BCUT2D eigenvalue weighted by Gasteiger charge is 2.46. The molecule has 1 heterocycles. The first-order valence-electron chi connectivity index (χ1n) is 7.69. The summed E-state index contributed by atoms with van der Waals surface area (Å²) in [5, 5.41) is 12.3. The van der Waals surface area contributed by atoms with Crippen molar-refractivity contribution in [3.05, 3.63) is 0 Å². The van der Waals surface area contributed by atoms with E-state index < -0.39 is 5.41 Å². The highest BCUT2D eigenvalue weighted by Crippen LogP contribution is 2.40.